The van der Waals surface area contributed by atoms with Crippen molar-refractivity contribution >= 4 is 22.7 Å². The molecule has 2 heterocycles. The van der Waals surface area contributed by atoms with Gasteiger partial charge in [0.1, 0.15) is 11.2 Å². The van der Waals surface area contributed by atoms with Gasteiger partial charge in [0.25, 0.3) is 0 Å². The molecule has 1 saturated carbocycles. The second kappa shape index (κ2) is 5.73. The van der Waals surface area contributed by atoms with Crippen LogP contribution in [0.2, 0.25) is 0 Å². The van der Waals surface area contributed by atoms with Gasteiger partial charge in [0.05, 0.1) is 6.34 Å². The fourth-order valence-electron chi connectivity index (χ4n) is 4.06. The third-order valence-corrected chi connectivity index (χ3v) is 6.44. The molecule has 0 saturated heterocycles. The third kappa shape index (κ3) is 2.53. The molecule has 1 aromatic rings. The predicted molar refractivity (Wildman–Crippen MR) is 89.6 cm³/mol. The van der Waals surface area contributed by atoms with E-state index in [1.165, 1.54) is 68.4 Å². The van der Waals surface area contributed by atoms with Crippen molar-refractivity contribution in [2.24, 2.45) is 4.99 Å². The van der Waals surface area contributed by atoms with Crippen molar-refractivity contribution in [2.75, 3.05) is 7.05 Å². The Bertz CT molecular complexity index is 542. The maximum atomic E-state index is 4.70. The summed E-state index contributed by atoms with van der Waals surface area (Å²) in [7, 11) is 2.17. The fourth-order valence-corrected chi connectivity index (χ4v) is 5.32. The van der Waals surface area contributed by atoms with Gasteiger partial charge in [-0.15, -0.1) is 11.3 Å². The number of nitrogens with one attached hydrogen (secondary N) is 1. The molecule has 1 atom stereocenters. The molecule has 0 amide bonds. The number of hydrogen-bond acceptors (Lipinski definition) is 4. The van der Waals surface area contributed by atoms with Crippen LogP contribution in [0.5, 0.6) is 0 Å². The summed E-state index contributed by atoms with van der Waals surface area (Å²) in [6, 6.07) is 0.685. The van der Waals surface area contributed by atoms with Gasteiger partial charge in [0, 0.05) is 23.5 Å². The van der Waals surface area contributed by atoms with Crippen molar-refractivity contribution in [1.29, 1.82) is 0 Å². The van der Waals surface area contributed by atoms with Gasteiger partial charge in [0.2, 0.25) is 0 Å². The SMILES string of the molecule is CN1C=Nc2sc3c(c2C1NC1CCCCC1)CCCC3. The van der Waals surface area contributed by atoms with E-state index in [9.17, 15) is 0 Å². The second-order valence-corrected chi connectivity index (χ2v) is 7.83. The van der Waals surface area contributed by atoms with E-state index in [1.807, 2.05) is 17.7 Å². The number of rotatable bonds is 2. The van der Waals surface area contributed by atoms with Crippen molar-refractivity contribution < 1.29 is 0 Å². The second-order valence-electron chi connectivity index (χ2n) is 6.74. The van der Waals surface area contributed by atoms with Gasteiger partial charge in [-0.3, -0.25) is 5.32 Å². The highest BCUT2D eigenvalue weighted by molar-refractivity contribution is 7.16. The molecule has 0 radical (unpaired) electrons. The molecule has 4 heteroatoms. The quantitative estimate of drug-likeness (QED) is 0.888. The van der Waals surface area contributed by atoms with Gasteiger partial charge < -0.3 is 4.90 Å². The lowest BCUT2D eigenvalue weighted by atomic mass is 9.92. The highest BCUT2D eigenvalue weighted by Crippen LogP contribution is 2.45. The van der Waals surface area contributed by atoms with E-state index >= 15 is 0 Å². The van der Waals surface area contributed by atoms with Crippen LogP contribution in [0.25, 0.3) is 0 Å². The monoisotopic (exact) mass is 303 g/mol. The summed E-state index contributed by atoms with van der Waals surface area (Å²) >= 11 is 1.94. The topological polar surface area (TPSA) is 27.6 Å². The standard InChI is InChI=1S/C17H25N3S/c1-20-11-18-17-15(13-9-5-6-10-14(13)21-17)16(20)19-12-7-3-2-4-8-12/h11-12,16,19H,2-10H2,1H3. The van der Waals surface area contributed by atoms with Gasteiger partial charge in [-0.1, -0.05) is 19.3 Å². The molecule has 1 N–H and O–H groups in total. The summed E-state index contributed by atoms with van der Waals surface area (Å²) in [4.78, 5) is 8.58. The van der Waals surface area contributed by atoms with Crippen LogP contribution < -0.4 is 5.32 Å². The van der Waals surface area contributed by atoms with E-state index in [4.69, 9.17) is 4.99 Å². The number of nitrogens with zero attached hydrogens (tertiary/aromatic N) is 2. The van der Waals surface area contributed by atoms with E-state index in [2.05, 4.69) is 17.3 Å². The normalized spacial score (nSPS) is 25.8. The molecule has 1 aliphatic heterocycles. The Kier molecular flexibility index (Phi) is 3.76. The zero-order valence-electron chi connectivity index (χ0n) is 12.9. The van der Waals surface area contributed by atoms with Crippen LogP contribution in [0.3, 0.4) is 0 Å². The zero-order valence-corrected chi connectivity index (χ0v) is 13.7. The first-order valence-corrected chi connectivity index (χ1v) is 9.31. The van der Waals surface area contributed by atoms with Gasteiger partial charge in [-0.2, -0.15) is 0 Å². The number of aliphatic imine (C=N–C) groups is 1. The largest absolute Gasteiger partial charge is 0.346 e. The molecule has 2 aliphatic carbocycles. The lowest BCUT2D eigenvalue weighted by molar-refractivity contribution is 0.248. The Morgan fingerprint density at radius 1 is 1.14 bits per heavy atom. The maximum absolute atomic E-state index is 4.70. The lowest BCUT2D eigenvalue weighted by Crippen LogP contribution is -2.43. The van der Waals surface area contributed by atoms with E-state index in [0.717, 1.165) is 0 Å². The summed E-state index contributed by atoms with van der Waals surface area (Å²) < 4.78 is 0. The van der Waals surface area contributed by atoms with Gasteiger partial charge in [-0.25, -0.2) is 4.99 Å². The van der Waals surface area contributed by atoms with Crippen molar-refractivity contribution in [3.63, 3.8) is 0 Å². The lowest BCUT2D eigenvalue weighted by Gasteiger charge is -2.36. The highest BCUT2D eigenvalue weighted by atomic mass is 32.1. The summed E-state index contributed by atoms with van der Waals surface area (Å²) in [5.74, 6) is 0. The van der Waals surface area contributed by atoms with Crippen molar-refractivity contribution in [2.45, 2.75) is 70.0 Å². The van der Waals surface area contributed by atoms with Crippen LogP contribution in [0.1, 0.15) is 67.1 Å². The molecule has 4 rings (SSSR count). The van der Waals surface area contributed by atoms with Crippen molar-refractivity contribution in [3.05, 3.63) is 16.0 Å². The molecule has 3 nitrogen and oxygen atoms in total. The Morgan fingerprint density at radius 2 is 1.95 bits per heavy atom. The first-order valence-electron chi connectivity index (χ1n) is 8.49. The maximum Gasteiger partial charge on any atom is 0.124 e. The Balaban J connectivity index is 1.64. The zero-order chi connectivity index (χ0) is 14.2. The summed E-state index contributed by atoms with van der Waals surface area (Å²) in [5.41, 5.74) is 3.13. The first kappa shape index (κ1) is 13.8. The van der Waals surface area contributed by atoms with Crippen molar-refractivity contribution in [1.82, 2.24) is 10.2 Å². The highest BCUT2D eigenvalue weighted by Gasteiger charge is 2.32. The fraction of sp³-hybridized carbons (Fsp3) is 0.706. The molecule has 1 unspecified atom stereocenters. The van der Waals surface area contributed by atoms with Crippen LogP contribution >= 0.6 is 11.3 Å². The summed E-state index contributed by atoms with van der Waals surface area (Å²) in [6.07, 6.45) is 14.4. The molecular weight excluding hydrogens is 278 g/mol. The Morgan fingerprint density at radius 3 is 2.81 bits per heavy atom. The van der Waals surface area contributed by atoms with E-state index in [-0.39, 0.29) is 0 Å². The molecule has 0 spiro atoms. The van der Waals surface area contributed by atoms with Crippen LogP contribution in [0.15, 0.2) is 4.99 Å². The Labute approximate surface area is 131 Å². The van der Waals surface area contributed by atoms with Crippen molar-refractivity contribution in [3.8, 4) is 0 Å². The first-order chi connectivity index (χ1) is 10.3. The molecular formula is C17H25N3S. The van der Waals surface area contributed by atoms with Crippen LogP contribution in [-0.4, -0.2) is 24.3 Å². The average Bonchev–Trinajstić information content (AvgIpc) is 2.90. The van der Waals surface area contributed by atoms with E-state index < -0.39 is 0 Å². The molecule has 0 bridgehead atoms. The molecule has 1 aromatic heterocycles. The van der Waals surface area contributed by atoms with Crippen LogP contribution in [0, 0.1) is 0 Å². The van der Waals surface area contributed by atoms with Crippen LogP contribution in [0.4, 0.5) is 5.00 Å². The van der Waals surface area contributed by atoms with Gasteiger partial charge in [-0.05, 0) is 44.1 Å². The molecule has 21 heavy (non-hydrogen) atoms. The minimum Gasteiger partial charge on any atom is -0.346 e. The smallest absolute Gasteiger partial charge is 0.124 e. The molecule has 0 aromatic carbocycles. The van der Waals surface area contributed by atoms with Gasteiger partial charge in [0.15, 0.2) is 0 Å². The van der Waals surface area contributed by atoms with Gasteiger partial charge >= 0.3 is 0 Å². The summed E-state index contributed by atoms with van der Waals surface area (Å²) in [6.45, 7) is 0. The number of hydrogen-bond donors (Lipinski definition) is 1. The number of fused-ring (bicyclic) bond motifs is 3. The summed E-state index contributed by atoms with van der Waals surface area (Å²) in [5, 5.41) is 5.21. The Hall–Kier alpha value is -0.870. The van der Waals surface area contributed by atoms with E-state index in [1.54, 1.807) is 10.4 Å². The average molecular weight is 303 g/mol. The molecule has 3 aliphatic rings. The number of aryl methyl sites for hydroxylation is 1. The molecule has 1 fully saturated rings. The van der Waals surface area contributed by atoms with Crippen LogP contribution in [-0.2, 0) is 12.8 Å². The number of thiophene rings is 1. The minimum absolute atomic E-state index is 0.346. The van der Waals surface area contributed by atoms with E-state index in [0.29, 0.717) is 12.2 Å². The third-order valence-electron chi connectivity index (χ3n) is 5.23. The minimum atomic E-state index is 0.346. The predicted octanol–water partition coefficient (Wildman–Crippen LogP) is 4.15. The molecule has 114 valence electrons.